The van der Waals surface area contributed by atoms with Crippen LogP contribution in [0.15, 0.2) is 52.7 Å². The van der Waals surface area contributed by atoms with Crippen molar-refractivity contribution < 1.29 is 26.0 Å². The van der Waals surface area contributed by atoms with E-state index in [2.05, 4.69) is 4.98 Å². The van der Waals surface area contributed by atoms with Crippen LogP contribution in [0.25, 0.3) is 0 Å². The lowest BCUT2D eigenvalue weighted by Crippen LogP contribution is -2.39. The van der Waals surface area contributed by atoms with E-state index in [1.807, 2.05) is 10.3 Å². The second kappa shape index (κ2) is 9.23. The Morgan fingerprint density at radius 3 is 2.52 bits per heavy atom. The standard InChI is InChI=1S/C22H19ClF4N2O2S2/c23-19-11-14(4-5-20(19)24)10-16-13-32-21(28-16)29-8-6-17(7-9-29)33(30,31)18-3-1-2-15(12-18)22(25,26)27/h1-5,11-13,17H,6-10H2. The van der Waals surface area contributed by atoms with Crippen LogP contribution in [0.1, 0.15) is 29.7 Å². The van der Waals surface area contributed by atoms with Gasteiger partial charge in [0.1, 0.15) is 5.82 Å². The molecule has 176 valence electrons. The maximum Gasteiger partial charge on any atom is 0.416 e. The van der Waals surface area contributed by atoms with Crippen LogP contribution < -0.4 is 4.90 Å². The number of hydrogen-bond acceptors (Lipinski definition) is 5. The van der Waals surface area contributed by atoms with Gasteiger partial charge in [0.15, 0.2) is 15.0 Å². The highest BCUT2D eigenvalue weighted by molar-refractivity contribution is 7.92. The van der Waals surface area contributed by atoms with E-state index in [4.69, 9.17) is 11.6 Å². The second-order valence-corrected chi connectivity index (χ2v) is 11.3. The first kappa shape index (κ1) is 24.0. The van der Waals surface area contributed by atoms with E-state index in [1.165, 1.54) is 23.5 Å². The van der Waals surface area contributed by atoms with E-state index >= 15 is 0 Å². The quantitative estimate of drug-likeness (QED) is 0.389. The zero-order valence-corrected chi connectivity index (χ0v) is 19.5. The molecule has 0 amide bonds. The molecule has 3 aromatic rings. The average Bonchev–Trinajstić information content (AvgIpc) is 3.24. The summed E-state index contributed by atoms with van der Waals surface area (Å²) in [5, 5.41) is 1.93. The molecule has 2 heterocycles. The predicted octanol–water partition coefficient (Wildman–Crippen LogP) is 5.99. The fourth-order valence-electron chi connectivity index (χ4n) is 3.78. The van der Waals surface area contributed by atoms with Gasteiger partial charge in [-0.25, -0.2) is 17.8 Å². The normalized spacial score (nSPS) is 15.7. The third kappa shape index (κ3) is 5.33. The van der Waals surface area contributed by atoms with Gasteiger partial charge in [-0.2, -0.15) is 13.2 Å². The third-order valence-electron chi connectivity index (χ3n) is 5.55. The molecular formula is C22H19ClF4N2O2S2. The number of aromatic nitrogens is 1. The number of anilines is 1. The summed E-state index contributed by atoms with van der Waals surface area (Å²) in [5.41, 5.74) is 0.638. The van der Waals surface area contributed by atoms with Crippen LogP contribution in [0.2, 0.25) is 5.02 Å². The number of halogens is 5. The molecule has 4 rings (SSSR count). The van der Waals surface area contributed by atoms with Crippen molar-refractivity contribution in [1.29, 1.82) is 0 Å². The van der Waals surface area contributed by atoms with E-state index < -0.39 is 32.6 Å². The minimum Gasteiger partial charge on any atom is -0.348 e. The highest BCUT2D eigenvalue weighted by Crippen LogP contribution is 2.33. The summed E-state index contributed by atoms with van der Waals surface area (Å²) in [5.74, 6) is -0.484. The van der Waals surface area contributed by atoms with Gasteiger partial charge in [-0.3, -0.25) is 0 Å². The first-order valence-corrected chi connectivity index (χ1v) is 12.9. The molecule has 1 aromatic heterocycles. The molecule has 0 radical (unpaired) electrons. The largest absolute Gasteiger partial charge is 0.416 e. The number of rotatable bonds is 5. The molecular weight excluding hydrogens is 500 g/mol. The molecule has 1 saturated heterocycles. The molecule has 0 aliphatic carbocycles. The molecule has 2 aromatic carbocycles. The summed E-state index contributed by atoms with van der Waals surface area (Å²) >= 11 is 7.25. The fourth-order valence-corrected chi connectivity index (χ4v) is 6.64. The number of hydrogen-bond donors (Lipinski definition) is 0. The van der Waals surface area contributed by atoms with Crippen LogP contribution in [-0.4, -0.2) is 31.7 Å². The Morgan fingerprint density at radius 2 is 1.85 bits per heavy atom. The van der Waals surface area contributed by atoms with Gasteiger partial charge in [0.05, 0.1) is 26.4 Å². The Balaban J connectivity index is 1.41. The Bertz CT molecular complexity index is 1250. The van der Waals surface area contributed by atoms with Crippen molar-refractivity contribution in [1.82, 2.24) is 4.98 Å². The average molecular weight is 519 g/mol. The highest BCUT2D eigenvalue weighted by atomic mass is 35.5. The number of sulfone groups is 1. The molecule has 1 aliphatic heterocycles. The van der Waals surface area contributed by atoms with Crippen molar-refractivity contribution in [2.45, 2.75) is 35.6 Å². The SMILES string of the molecule is O=S(=O)(c1cccc(C(F)(F)F)c1)C1CCN(c2nc(Cc3ccc(F)c(Cl)c3)cs2)CC1. The molecule has 4 nitrogen and oxygen atoms in total. The van der Waals surface area contributed by atoms with Crippen LogP contribution in [0, 0.1) is 5.82 Å². The van der Waals surface area contributed by atoms with Crippen LogP contribution in [-0.2, 0) is 22.4 Å². The van der Waals surface area contributed by atoms with Crippen molar-refractivity contribution in [3.05, 3.63) is 75.5 Å². The molecule has 1 aliphatic rings. The van der Waals surface area contributed by atoms with Crippen LogP contribution in [0.5, 0.6) is 0 Å². The monoisotopic (exact) mass is 518 g/mol. The van der Waals surface area contributed by atoms with Gasteiger partial charge in [-0.1, -0.05) is 23.7 Å². The summed E-state index contributed by atoms with van der Waals surface area (Å²) in [6, 6.07) is 8.41. The Kier molecular flexibility index (Phi) is 6.70. The summed E-state index contributed by atoms with van der Waals surface area (Å²) in [4.78, 5) is 6.27. The Morgan fingerprint density at radius 1 is 1.12 bits per heavy atom. The number of alkyl halides is 3. The zero-order valence-electron chi connectivity index (χ0n) is 17.1. The lowest BCUT2D eigenvalue weighted by atomic mass is 10.1. The lowest BCUT2D eigenvalue weighted by molar-refractivity contribution is -0.137. The maximum absolute atomic E-state index is 13.3. The summed E-state index contributed by atoms with van der Waals surface area (Å²) < 4.78 is 78.2. The highest BCUT2D eigenvalue weighted by Gasteiger charge is 2.35. The van der Waals surface area contributed by atoms with Crippen molar-refractivity contribution >= 4 is 37.9 Å². The van der Waals surface area contributed by atoms with Gasteiger partial charge in [0, 0.05) is 24.9 Å². The van der Waals surface area contributed by atoms with Gasteiger partial charge < -0.3 is 4.90 Å². The Labute approximate surface area is 197 Å². The third-order valence-corrected chi connectivity index (χ3v) is 9.05. The van der Waals surface area contributed by atoms with Gasteiger partial charge in [-0.15, -0.1) is 11.3 Å². The van der Waals surface area contributed by atoms with Gasteiger partial charge in [0.2, 0.25) is 0 Å². The van der Waals surface area contributed by atoms with E-state index in [1.54, 1.807) is 12.1 Å². The number of piperidine rings is 1. The van der Waals surface area contributed by atoms with Gasteiger partial charge >= 0.3 is 6.18 Å². The first-order chi connectivity index (χ1) is 15.5. The Hall–Kier alpha value is -2.17. The van der Waals surface area contributed by atoms with Crippen LogP contribution in [0.3, 0.4) is 0 Å². The number of nitrogens with zero attached hydrogens (tertiary/aromatic N) is 2. The van der Waals surface area contributed by atoms with Crippen LogP contribution >= 0.6 is 22.9 Å². The molecule has 0 saturated carbocycles. The van der Waals surface area contributed by atoms with E-state index in [9.17, 15) is 26.0 Å². The van der Waals surface area contributed by atoms with Gasteiger partial charge in [-0.05, 0) is 48.7 Å². The number of thiazole rings is 1. The smallest absolute Gasteiger partial charge is 0.348 e. The summed E-state index contributed by atoms with van der Waals surface area (Å²) in [6.07, 6.45) is -3.53. The second-order valence-electron chi connectivity index (χ2n) is 7.80. The minimum absolute atomic E-state index is 0.0482. The van der Waals surface area contributed by atoms with Gasteiger partial charge in [0.25, 0.3) is 0 Å². The molecule has 0 atom stereocenters. The fraction of sp³-hybridized carbons (Fsp3) is 0.318. The maximum atomic E-state index is 13.3. The predicted molar refractivity (Wildman–Crippen MR) is 120 cm³/mol. The van der Waals surface area contributed by atoms with Crippen LogP contribution in [0.4, 0.5) is 22.7 Å². The van der Waals surface area contributed by atoms with E-state index in [0.717, 1.165) is 28.5 Å². The molecule has 33 heavy (non-hydrogen) atoms. The summed E-state index contributed by atoms with van der Waals surface area (Å²) in [7, 11) is -3.88. The molecule has 11 heteroatoms. The minimum atomic E-state index is -4.60. The zero-order chi connectivity index (χ0) is 23.8. The van der Waals surface area contributed by atoms with E-state index in [-0.39, 0.29) is 9.92 Å². The topological polar surface area (TPSA) is 50.3 Å². The van der Waals surface area contributed by atoms with Crippen molar-refractivity contribution in [2.75, 3.05) is 18.0 Å². The summed E-state index contributed by atoms with van der Waals surface area (Å²) in [6.45, 7) is 0.858. The lowest BCUT2D eigenvalue weighted by Gasteiger charge is -2.31. The molecule has 0 spiro atoms. The number of benzene rings is 2. The molecule has 1 fully saturated rings. The molecule has 0 unspecified atom stereocenters. The molecule has 0 bridgehead atoms. The van der Waals surface area contributed by atoms with Crippen molar-refractivity contribution in [2.24, 2.45) is 0 Å². The van der Waals surface area contributed by atoms with Crippen molar-refractivity contribution in [3.8, 4) is 0 Å². The van der Waals surface area contributed by atoms with E-state index in [0.29, 0.717) is 38.4 Å². The first-order valence-electron chi connectivity index (χ1n) is 10.1. The van der Waals surface area contributed by atoms with Crippen molar-refractivity contribution in [3.63, 3.8) is 0 Å². The molecule has 0 N–H and O–H groups in total.